The fraction of sp³-hybridized carbons (Fsp3) is 0.429. The molecule has 0 saturated carbocycles. The first kappa shape index (κ1) is 16.7. The van der Waals surface area contributed by atoms with E-state index in [1.54, 1.807) is 4.90 Å². The number of ether oxygens (including phenoxy) is 2. The SMILES string of the molecule is COC(=O)c1cc(N2C[C@H](O)C[C@H]2C(=O)OC)ccc1[N+](=O)[O-]. The van der Waals surface area contributed by atoms with E-state index < -0.39 is 34.7 Å². The molecule has 1 heterocycles. The first-order chi connectivity index (χ1) is 10.9. The molecule has 1 N–H and O–H groups in total. The van der Waals surface area contributed by atoms with Crippen LogP contribution in [-0.2, 0) is 14.3 Å². The number of nitrogens with zero attached hydrogens (tertiary/aromatic N) is 2. The summed E-state index contributed by atoms with van der Waals surface area (Å²) >= 11 is 0. The van der Waals surface area contributed by atoms with E-state index in [1.807, 2.05) is 0 Å². The van der Waals surface area contributed by atoms with Gasteiger partial charge in [-0.1, -0.05) is 0 Å². The second-order valence-corrected chi connectivity index (χ2v) is 5.03. The molecule has 9 heteroatoms. The molecule has 2 rings (SSSR count). The van der Waals surface area contributed by atoms with E-state index in [0.717, 1.165) is 7.11 Å². The quantitative estimate of drug-likeness (QED) is 0.483. The Morgan fingerprint density at radius 2 is 2.04 bits per heavy atom. The van der Waals surface area contributed by atoms with Crippen molar-refractivity contribution in [1.29, 1.82) is 0 Å². The zero-order valence-corrected chi connectivity index (χ0v) is 12.6. The smallest absolute Gasteiger partial charge is 0.344 e. The third kappa shape index (κ3) is 3.24. The number of benzene rings is 1. The number of nitro groups is 1. The maximum absolute atomic E-state index is 11.8. The molecule has 1 saturated heterocycles. The van der Waals surface area contributed by atoms with Crippen LogP contribution in [0.5, 0.6) is 0 Å². The number of β-amino-alcohol motifs (C(OH)–C–C–N with tert-alkyl or cyclic N) is 1. The van der Waals surface area contributed by atoms with Crippen LogP contribution in [0.15, 0.2) is 18.2 Å². The number of anilines is 1. The van der Waals surface area contributed by atoms with E-state index in [4.69, 9.17) is 4.74 Å². The van der Waals surface area contributed by atoms with Crippen molar-refractivity contribution in [2.24, 2.45) is 0 Å². The van der Waals surface area contributed by atoms with Gasteiger partial charge in [-0.05, 0) is 12.1 Å². The molecular formula is C14H16N2O7. The summed E-state index contributed by atoms with van der Waals surface area (Å²) in [5, 5.41) is 20.8. The van der Waals surface area contributed by atoms with Gasteiger partial charge in [0.15, 0.2) is 0 Å². The van der Waals surface area contributed by atoms with Crippen molar-refractivity contribution in [3.05, 3.63) is 33.9 Å². The second-order valence-electron chi connectivity index (χ2n) is 5.03. The lowest BCUT2D eigenvalue weighted by molar-refractivity contribution is -0.385. The van der Waals surface area contributed by atoms with E-state index >= 15 is 0 Å². The van der Waals surface area contributed by atoms with Crippen molar-refractivity contribution < 1.29 is 29.1 Å². The van der Waals surface area contributed by atoms with E-state index in [-0.39, 0.29) is 18.5 Å². The largest absolute Gasteiger partial charge is 0.467 e. The first-order valence-electron chi connectivity index (χ1n) is 6.78. The summed E-state index contributed by atoms with van der Waals surface area (Å²) in [6.45, 7) is 0.151. The van der Waals surface area contributed by atoms with Crippen LogP contribution >= 0.6 is 0 Å². The van der Waals surface area contributed by atoms with Crippen LogP contribution < -0.4 is 4.90 Å². The Morgan fingerprint density at radius 1 is 1.35 bits per heavy atom. The molecule has 2 atom stereocenters. The Hall–Kier alpha value is -2.68. The Labute approximate surface area is 131 Å². The summed E-state index contributed by atoms with van der Waals surface area (Å²) in [5.74, 6) is -1.38. The molecule has 1 fully saturated rings. The zero-order chi connectivity index (χ0) is 17.1. The topological polar surface area (TPSA) is 119 Å². The monoisotopic (exact) mass is 324 g/mol. The van der Waals surface area contributed by atoms with Crippen LogP contribution in [0.25, 0.3) is 0 Å². The fourth-order valence-electron chi connectivity index (χ4n) is 2.59. The van der Waals surface area contributed by atoms with Gasteiger partial charge in [-0.2, -0.15) is 0 Å². The molecule has 0 spiro atoms. The minimum Gasteiger partial charge on any atom is -0.467 e. The highest BCUT2D eigenvalue weighted by molar-refractivity contribution is 5.95. The lowest BCUT2D eigenvalue weighted by atomic mass is 10.1. The second kappa shape index (κ2) is 6.61. The van der Waals surface area contributed by atoms with Crippen molar-refractivity contribution in [2.75, 3.05) is 25.7 Å². The van der Waals surface area contributed by atoms with Crippen LogP contribution in [0.3, 0.4) is 0 Å². The Kier molecular flexibility index (Phi) is 4.80. The summed E-state index contributed by atoms with van der Waals surface area (Å²) < 4.78 is 9.26. The third-order valence-electron chi connectivity index (χ3n) is 3.67. The van der Waals surface area contributed by atoms with Crippen LogP contribution in [0, 0.1) is 10.1 Å². The van der Waals surface area contributed by atoms with Gasteiger partial charge in [-0.3, -0.25) is 10.1 Å². The molecule has 0 bridgehead atoms. The number of carbonyl (C=O) groups excluding carboxylic acids is 2. The molecule has 0 aromatic heterocycles. The summed E-state index contributed by atoms with van der Waals surface area (Å²) in [7, 11) is 2.36. The maximum atomic E-state index is 11.8. The fourth-order valence-corrected chi connectivity index (χ4v) is 2.59. The van der Waals surface area contributed by atoms with Crippen molar-refractivity contribution in [3.63, 3.8) is 0 Å². The predicted molar refractivity (Wildman–Crippen MR) is 78.2 cm³/mol. The van der Waals surface area contributed by atoms with Crippen molar-refractivity contribution in [1.82, 2.24) is 0 Å². The van der Waals surface area contributed by atoms with Gasteiger partial charge in [-0.15, -0.1) is 0 Å². The molecule has 9 nitrogen and oxygen atoms in total. The molecule has 0 amide bonds. The Balaban J connectivity index is 2.45. The van der Waals surface area contributed by atoms with Gasteiger partial charge in [0.25, 0.3) is 5.69 Å². The van der Waals surface area contributed by atoms with Crippen LogP contribution in [0.2, 0.25) is 0 Å². The molecular weight excluding hydrogens is 308 g/mol. The van der Waals surface area contributed by atoms with Gasteiger partial charge >= 0.3 is 11.9 Å². The van der Waals surface area contributed by atoms with Gasteiger partial charge in [-0.25, -0.2) is 9.59 Å². The molecule has 1 aromatic rings. The lowest BCUT2D eigenvalue weighted by Gasteiger charge is -2.24. The molecule has 1 aliphatic rings. The summed E-state index contributed by atoms with van der Waals surface area (Å²) in [5.41, 5.74) is -0.224. The number of aliphatic hydroxyl groups excluding tert-OH is 1. The number of hydrogen-bond acceptors (Lipinski definition) is 8. The Morgan fingerprint density at radius 3 is 2.61 bits per heavy atom. The summed E-state index contributed by atoms with van der Waals surface area (Å²) in [6.07, 6.45) is -0.562. The molecule has 0 radical (unpaired) electrons. The summed E-state index contributed by atoms with van der Waals surface area (Å²) in [6, 6.07) is 3.14. The zero-order valence-electron chi connectivity index (χ0n) is 12.6. The molecule has 1 aromatic carbocycles. The number of aliphatic hydroxyl groups is 1. The Bertz CT molecular complexity index is 646. The lowest BCUT2D eigenvalue weighted by Crippen LogP contribution is -2.37. The minimum atomic E-state index is -0.854. The highest BCUT2D eigenvalue weighted by Gasteiger charge is 2.37. The van der Waals surface area contributed by atoms with Crippen LogP contribution in [-0.4, -0.2) is 54.9 Å². The van der Waals surface area contributed by atoms with Crippen molar-refractivity contribution in [2.45, 2.75) is 18.6 Å². The number of carbonyl (C=O) groups is 2. The molecule has 1 aliphatic heterocycles. The van der Waals surface area contributed by atoms with Crippen molar-refractivity contribution in [3.8, 4) is 0 Å². The van der Waals surface area contributed by atoms with E-state index in [1.165, 1.54) is 25.3 Å². The number of methoxy groups -OCH3 is 2. The van der Waals surface area contributed by atoms with Gasteiger partial charge in [0, 0.05) is 24.7 Å². The van der Waals surface area contributed by atoms with Crippen molar-refractivity contribution >= 4 is 23.3 Å². The van der Waals surface area contributed by atoms with E-state index in [0.29, 0.717) is 5.69 Å². The normalized spacial score (nSPS) is 20.2. The minimum absolute atomic E-state index is 0.151. The van der Waals surface area contributed by atoms with Gasteiger partial charge in [0.05, 0.1) is 25.2 Å². The molecule has 0 unspecified atom stereocenters. The van der Waals surface area contributed by atoms with Crippen LogP contribution in [0.1, 0.15) is 16.8 Å². The molecule has 0 aliphatic carbocycles. The number of hydrogen-bond donors (Lipinski definition) is 1. The molecule has 124 valence electrons. The third-order valence-corrected chi connectivity index (χ3v) is 3.67. The van der Waals surface area contributed by atoms with E-state index in [2.05, 4.69) is 4.74 Å². The highest BCUT2D eigenvalue weighted by Crippen LogP contribution is 2.31. The van der Waals surface area contributed by atoms with Gasteiger partial charge in [0.1, 0.15) is 11.6 Å². The van der Waals surface area contributed by atoms with Gasteiger partial charge < -0.3 is 19.5 Å². The number of rotatable bonds is 4. The number of nitro benzene ring substituents is 1. The predicted octanol–water partition coefficient (Wildman–Crippen LogP) is 0.494. The van der Waals surface area contributed by atoms with E-state index in [9.17, 15) is 24.8 Å². The van der Waals surface area contributed by atoms with Crippen LogP contribution in [0.4, 0.5) is 11.4 Å². The average Bonchev–Trinajstić information content (AvgIpc) is 2.94. The standard InChI is InChI=1S/C14H16N2O7/c1-22-13(18)10-5-8(3-4-11(10)16(20)21)15-7-9(17)6-12(15)14(19)23-2/h3-5,9,12,17H,6-7H2,1-2H3/t9-,12+/m1/s1. The molecule has 23 heavy (non-hydrogen) atoms. The maximum Gasteiger partial charge on any atom is 0.344 e. The highest BCUT2D eigenvalue weighted by atomic mass is 16.6. The number of esters is 2. The average molecular weight is 324 g/mol. The summed E-state index contributed by atoms with van der Waals surface area (Å²) in [4.78, 5) is 35.5. The first-order valence-corrected chi connectivity index (χ1v) is 6.78. The van der Waals surface area contributed by atoms with Gasteiger partial charge in [0.2, 0.25) is 0 Å².